The Bertz CT molecular complexity index is 822. The minimum Gasteiger partial charge on any atom is -0.371 e. The van der Waals surface area contributed by atoms with Gasteiger partial charge in [-0.2, -0.15) is 0 Å². The predicted octanol–water partition coefficient (Wildman–Crippen LogP) is 2.90. The van der Waals surface area contributed by atoms with Crippen LogP contribution in [0.15, 0.2) is 30.7 Å². The van der Waals surface area contributed by atoms with E-state index < -0.39 is 0 Å². The van der Waals surface area contributed by atoms with Gasteiger partial charge in [0.05, 0.1) is 24.1 Å². The van der Waals surface area contributed by atoms with E-state index in [1.54, 1.807) is 12.4 Å². The molecule has 2 saturated heterocycles. The standard InChI is InChI=1S/C21H27N5O/c1-16-10-19(5-8-22-16)25-9-3-6-21(14-25)7-4-20(27)26(15-21)13-18-12-23-17(2)11-24-18/h5,8,10-12H,3-4,6-7,9,13-15H2,1-2H3/t21-/m0/s1. The Hall–Kier alpha value is -2.50. The highest BCUT2D eigenvalue weighted by molar-refractivity contribution is 5.77. The average Bonchev–Trinajstić information content (AvgIpc) is 2.67. The number of aromatic nitrogens is 3. The number of carbonyl (C=O) groups is 1. The van der Waals surface area contributed by atoms with Gasteiger partial charge in [-0.15, -0.1) is 0 Å². The lowest BCUT2D eigenvalue weighted by molar-refractivity contribution is -0.138. The number of hydrogen-bond donors (Lipinski definition) is 0. The van der Waals surface area contributed by atoms with Crippen LogP contribution in [0.3, 0.4) is 0 Å². The van der Waals surface area contributed by atoms with Gasteiger partial charge in [0.1, 0.15) is 0 Å². The van der Waals surface area contributed by atoms with E-state index >= 15 is 0 Å². The van der Waals surface area contributed by atoms with Crippen molar-refractivity contribution in [2.24, 2.45) is 5.41 Å². The van der Waals surface area contributed by atoms with Crippen LogP contribution in [-0.4, -0.2) is 45.4 Å². The van der Waals surface area contributed by atoms with Gasteiger partial charge >= 0.3 is 0 Å². The average molecular weight is 365 g/mol. The van der Waals surface area contributed by atoms with Crippen LogP contribution in [-0.2, 0) is 11.3 Å². The van der Waals surface area contributed by atoms with E-state index in [-0.39, 0.29) is 11.3 Å². The van der Waals surface area contributed by atoms with E-state index in [4.69, 9.17) is 0 Å². The maximum Gasteiger partial charge on any atom is 0.222 e. The Morgan fingerprint density at radius 3 is 2.74 bits per heavy atom. The molecule has 27 heavy (non-hydrogen) atoms. The number of rotatable bonds is 3. The summed E-state index contributed by atoms with van der Waals surface area (Å²) in [6, 6.07) is 4.26. The van der Waals surface area contributed by atoms with Crippen LogP contribution in [0.1, 0.15) is 42.8 Å². The third-order valence-electron chi connectivity index (χ3n) is 5.84. The van der Waals surface area contributed by atoms with Gasteiger partial charge in [-0.05, 0) is 45.2 Å². The van der Waals surface area contributed by atoms with Crippen molar-refractivity contribution < 1.29 is 4.79 Å². The fraction of sp³-hybridized carbons (Fsp3) is 0.524. The van der Waals surface area contributed by atoms with Crippen molar-refractivity contribution >= 4 is 11.6 Å². The molecule has 0 N–H and O–H groups in total. The number of likely N-dealkylation sites (tertiary alicyclic amines) is 1. The summed E-state index contributed by atoms with van der Waals surface area (Å²) >= 11 is 0. The molecule has 6 nitrogen and oxygen atoms in total. The van der Waals surface area contributed by atoms with Crippen LogP contribution in [0.4, 0.5) is 5.69 Å². The van der Waals surface area contributed by atoms with E-state index in [1.165, 1.54) is 12.1 Å². The first-order valence-electron chi connectivity index (χ1n) is 9.76. The lowest BCUT2D eigenvalue weighted by Gasteiger charge is -2.48. The summed E-state index contributed by atoms with van der Waals surface area (Å²) in [4.78, 5) is 30.1. The topological polar surface area (TPSA) is 62.2 Å². The minimum atomic E-state index is 0.168. The first-order chi connectivity index (χ1) is 13.0. The second-order valence-corrected chi connectivity index (χ2v) is 8.08. The summed E-state index contributed by atoms with van der Waals surface area (Å²) in [5, 5.41) is 0. The van der Waals surface area contributed by atoms with Gasteiger partial charge in [0.2, 0.25) is 5.91 Å². The molecule has 2 aromatic heterocycles. The molecule has 4 heterocycles. The molecule has 0 saturated carbocycles. The molecule has 142 valence electrons. The van der Waals surface area contributed by atoms with Crippen molar-refractivity contribution in [2.75, 3.05) is 24.5 Å². The summed E-state index contributed by atoms with van der Waals surface area (Å²) in [6.07, 6.45) is 9.39. The lowest BCUT2D eigenvalue weighted by Crippen LogP contribution is -2.54. The summed E-state index contributed by atoms with van der Waals surface area (Å²) in [7, 11) is 0. The molecule has 2 aromatic rings. The number of hydrogen-bond acceptors (Lipinski definition) is 5. The fourth-order valence-electron chi connectivity index (χ4n) is 4.43. The lowest BCUT2D eigenvalue weighted by atomic mass is 9.73. The molecule has 0 bridgehead atoms. The highest BCUT2D eigenvalue weighted by Gasteiger charge is 2.41. The fourth-order valence-corrected chi connectivity index (χ4v) is 4.43. The molecule has 1 amide bonds. The Labute approximate surface area is 160 Å². The number of piperidine rings is 2. The highest BCUT2D eigenvalue weighted by atomic mass is 16.2. The van der Waals surface area contributed by atoms with E-state index in [0.29, 0.717) is 13.0 Å². The van der Waals surface area contributed by atoms with Crippen LogP contribution in [0.5, 0.6) is 0 Å². The van der Waals surface area contributed by atoms with Gasteiger partial charge in [-0.1, -0.05) is 0 Å². The molecule has 2 fully saturated rings. The quantitative estimate of drug-likeness (QED) is 0.837. The molecular formula is C21H27N5O. The maximum absolute atomic E-state index is 12.5. The molecule has 0 unspecified atom stereocenters. The van der Waals surface area contributed by atoms with Crippen LogP contribution in [0.25, 0.3) is 0 Å². The molecule has 0 radical (unpaired) electrons. The molecular weight excluding hydrogens is 338 g/mol. The van der Waals surface area contributed by atoms with Crippen LogP contribution < -0.4 is 4.90 Å². The van der Waals surface area contributed by atoms with Crippen molar-refractivity contribution in [2.45, 2.75) is 46.1 Å². The molecule has 1 atom stereocenters. The van der Waals surface area contributed by atoms with Gasteiger partial charge in [0.25, 0.3) is 0 Å². The normalized spacial score (nSPS) is 23.1. The van der Waals surface area contributed by atoms with Crippen LogP contribution >= 0.6 is 0 Å². The van der Waals surface area contributed by atoms with E-state index in [9.17, 15) is 4.79 Å². The first kappa shape index (κ1) is 17.9. The van der Waals surface area contributed by atoms with Gasteiger partial charge in [0, 0.05) is 55.2 Å². The van der Waals surface area contributed by atoms with Crippen LogP contribution in [0, 0.1) is 19.3 Å². The number of nitrogens with zero attached hydrogens (tertiary/aromatic N) is 5. The van der Waals surface area contributed by atoms with Crippen molar-refractivity contribution in [3.63, 3.8) is 0 Å². The summed E-state index contributed by atoms with van der Waals surface area (Å²) < 4.78 is 0. The molecule has 6 heteroatoms. The zero-order chi connectivity index (χ0) is 18.9. The van der Waals surface area contributed by atoms with E-state index in [2.05, 4.69) is 32.0 Å². The molecule has 2 aliphatic heterocycles. The summed E-state index contributed by atoms with van der Waals surface area (Å²) in [5.74, 6) is 0.236. The van der Waals surface area contributed by atoms with Crippen molar-refractivity contribution in [3.05, 3.63) is 47.8 Å². The van der Waals surface area contributed by atoms with Gasteiger partial charge < -0.3 is 9.80 Å². The number of pyridine rings is 1. The molecule has 4 rings (SSSR count). The van der Waals surface area contributed by atoms with E-state index in [1.807, 2.05) is 24.9 Å². The van der Waals surface area contributed by atoms with Crippen molar-refractivity contribution in [1.82, 2.24) is 19.9 Å². The summed E-state index contributed by atoms with van der Waals surface area (Å²) in [5.41, 5.74) is 4.22. The predicted molar refractivity (Wildman–Crippen MR) is 104 cm³/mol. The SMILES string of the molecule is Cc1cnc(CN2C[C@@]3(CCCN(c4ccnc(C)c4)C3)CCC2=O)cn1. The third-order valence-corrected chi connectivity index (χ3v) is 5.84. The molecule has 1 spiro atoms. The van der Waals surface area contributed by atoms with Gasteiger partial charge in [0.15, 0.2) is 0 Å². The van der Waals surface area contributed by atoms with Crippen molar-refractivity contribution in [3.8, 4) is 0 Å². The number of anilines is 1. The molecule has 0 aliphatic carbocycles. The Kier molecular flexibility index (Phi) is 4.81. The minimum absolute atomic E-state index is 0.168. The monoisotopic (exact) mass is 365 g/mol. The van der Waals surface area contributed by atoms with Crippen molar-refractivity contribution in [1.29, 1.82) is 0 Å². The van der Waals surface area contributed by atoms with Crippen LogP contribution in [0.2, 0.25) is 0 Å². The highest BCUT2D eigenvalue weighted by Crippen LogP contribution is 2.40. The second kappa shape index (κ2) is 7.25. The number of aryl methyl sites for hydroxylation is 2. The largest absolute Gasteiger partial charge is 0.371 e. The Morgan fingerprint density at radius 2 is 1.96 bits per heavy atom. The van der Waals surface area contributed by atoms with E-state index in [0.717, 1.165) is 49.6 Å². The molecule has 0 aromatic carbocycles. The zero-order valence-corrected chi connectivity index (χ0v) is 16.2. The summed E-state index contributed by atoms with van der Waals surface area (Å²) in [6.45, 7) is 7.40. The van der Waals surface area contributed by atoms with Gasteiger partial charge in [-0.3, -0.25) is 19.7 Å². The maximum atomic E-state index is 12.5. The zero-order valence-electron chi connectivity index (χ0n) is 16.2. The number of amides is 1. The first-order valence-corrected chi connectivity index (χ1v) is 9.76. The number of carbonyl (C=O) groups excluding carboxylic acids is 1. The molecule has 2 aliphatic rings. The smallest absolute Gasteiger partial charge is 0.222 e. The third kappa shape index (κ3) is 3.94. The van der Waals surface area contributed by atoms with Gasteiger partial charge in [-0.25, -0.2) is 0 Å². The second-order valence-electron chi connectivity index (χ2n) is 8.08. The Morgan fingerprint density at radius 1 is 1.07 bits per heavy atom. The Balaban J connectivity index is 1.50.